The van der Waals surface area contributed by atoms with Crippen molar-refractivity contribution in [2.24, 2.45) is 0 Å². The molecule has 0 atom stereocenters. The van der Waals surface area contributed by atoms with Crippen molar-refractivity contribution in [2.45, 2.75) is 6.54 Å². The van der Waals surface area contributed by atoms with E-state index in [1.54, 1.807) is 0 Å². The van der Waals surface area contributed by atoms with Crippen LogP contribution in [0.1, 0.15) is 5.56 Å². The molecule has 1 heteroatoms. The maximum Gasteiger partial charge on any atom is 0.0483 e. The molecular formula is C17H15N. The van der Waals surface area contributed by atoms with Crippen LogP contribution in [0.3, 0.4) is 0 Å². The zero-order valence-corrected chi connectivity index (χ0v) is 10.2. The highest BCUT2D eigenvalue weighted by Crippen LogP contribution is 2.19. The predicted octanol–water partition coefficient (Wildman–Crippen LogP) is 4.35. The van der Waals surface area contributed by atoms with Gasteiger partial charge in [-0.25, -0.2) is 0 Å². The Morgan fingerprint density at radius 1 is 0.889 bits per heavy atom. The summed E-state index contributed by atoms with van der Waals surface area (Å²) in [6.45, 7) is 5.02. The fourth-order valence-electron chi connectivity index (χ4n) is 2.25. The van der Waals surface area contributed by atoms with E-state index in [9.17, 15) is 0 Å². The normalized spacial score (nSPS) is 10.7. The van der Waals surface area contributed by atoms with Gasteiger partial charge in [-0.2, -0.15) is 0 Å². The number of hydrogen-bond donors (Lipinski definition) is 0. The Bertz CT molecular complexity index is 677. The van der Waals surface area contributed by atoms with Crippen molar-refractivity contribution in [3.8, 4) is 0 Å². The Hall–Kier alpha value is -2.28. The average Bonchev–Trinajstić information content (AvgIpc) is 2.83. The van der Waals surface area contributed by atoms with Crippen LogP contribution in [0.25, 0.3) is 16.5 Å². The molecule has 3 aromatic rings. The van der Waals surface area contributed by atoms with Crippen molar-refractivity contribution >= 4 is 16.5 Å². The Morgan fingerprint density at radius 2 is 1.61 bits per heavy atom. The number of fused-ring (bicyclic) bond motifs is 1. The molecule has 0 unspecified atom stereocenters. The van der Waals surface area contributed by atoms with Gasteiger partial charge in [-0.05, 0) is 28.7 Å². The second kappa shape index (κ2) is 4.53. The highest BCUT2D eigenvalue weighted by Gasteiger charge is 2.03. The van der Waals surface area contributed by atoms with Gasteiger partial charge in [0, 0.05) is 18.3 Å². The third-order valence-corrected chi connectivity index (χ3v) is 3.22. The van der Waals surface area contributed by atoms with Crippen molar-refractivity contribution in [3.05, 3.63) is 79.0 Å². The minimum absolute atomic E-state index is 0.831. The molecule has 18 heavy (non-hydrogen) atoms. The summed E-state index contributed by atoms with van der Waals surface area (Å²) >= 11 is 0. The first-order valence-electron chi connectivity index (χ1n) is 6.12. The summed E-state index contributed by atoms with van der Waals surface area (Å²) in [5.41, 5.74) is 3.60. The van der Waals surface area contributed by atoms with Crippen LogP contribution in [0.5, 0.6) is 0 Å². The lowest BCUT2D eigenvalue weighted by atomic mass is 10.1. The van der Waals surface area contributed by atoms with Crippen molar-refractivity contribution < 1.29 is 0 Å². The van der Waals surface area contributed by atoms with E-state index in [1.165, 1.54) is 16.5 Å². The molecule has 0 aliphatic rings. The number of aromatic nitrogens is 1. The van der Waals surface area contributed by atoms with Gasteiger partial charge in [0.1, 0.15) is 0 Å². The molecule has 0 aliphatic carbocycles. The summed E-state index contributed by atoms with van der Waals surface area (Å²) in [6, 6.07) is 20.9. The highest BCUT2D eigenvalue weighted by atomic mass is 14.9. The molecule has 2 aromatic carbocycles. The van der Waals surface area contributed by atoms with Crippen LogP contribution in [-0.4, -0.2) is 4.57 Å². The molecular weight excluding hydrogens is 218 g/mol. The van der Waals surface area contributed by atoms with E-state index in [-0.39, 0.29) is 0 Å². The lowest BCUT2D eigenvalue weighted by Crippen LogP contribution is -1.97. The molecule has 0 saturated carbocycles. The molecule has 0 saturated heterocycles. The first kappa shape index (κ1) is 10.8. The van der Waals surface area contributed by atoms with E-state index in [0.717, 1.165) is 12.1 Å². The molecule has 0 bridgehead atoms. The van der Waals surface area contributed by atoms with Crippen LogP contribution in [0.2, 0.25) is 0 Å². The molecule has 1 aromatic heterocycles. The molecule has 0 N–H and O–H groups in total. The lowest BCUT2D eigenvalue weighted by Gasteiger charge is -2.08. The SMILES string of the molecule is C=C(Cn1ccc2ccccc21)c1ccccc1. The van der Waals surface area contributed by atoms with E-state index in [2.05, 4.69) is 59.8 Å². The summed E-state index contributed by atoms with van der Waals surface area (Å²) in [5.74, 6) is 0. The molecule has 1 heterocycles. The quantitative estimate of drug-likeness (QED) is 0.633. The number of para-hydroxylation sites is 1. The van der Waals surface area contributed by atoms with E-state index in [0.29, 0.717) is 0 Å². The zero-order valence-electron chi connectivity index (χ0n) is 10.2. The zero-order chi connectivity index (χ0) is 12.4. The van der Waals surface area contributed by atoms with Gasteiger partial charge in [-0.3, -0.25) is 0 Å². The Kier molecular flexibility index (Phi) is 2.73. The van der Waals surface area contributed by atoms with Gasteiger partial charge in [0.2, 0.25) is 0 Å². The highest BCUT2D eigenvalue weighted by molar-refractivity contribution is 5.80. The molecule has 0 spiro atoms. The van der Waals surface area contributed by atoms with Gasteiger partial charge in [0.15, 0.2) is 0 Å². The summed E-state index contributed by atoms with van der Waals surface area (Å²) in [5, 5.41) is 1.28. The summed E-state index contributed by atoms with van der Waals surface area (Å²) in [4.78, 5) is 0. The number of rotatable bonds is 3. The number of nitrogens with zero attached hydrogens (tertiary/aromatic N) is 1. The molecule has 88 valence electrons. The van der Waals surface area contributed by atoms with Crippen LogP contribution in [-0.2, 0) is 6.54 Å². The monoisotopic (exact) mass is 233 g/mol. The van der Waals surface area contributed by atoms with Gasteiger partial charge < -0.3 is 4.57 Å². The largest absolute Gasteiger partial charge is 0.343 e. The third-order valence-electron chi connectivity index (χ3n) is 3.22. The van der Waals surface area contributed by atoms with E-state index < -0.39 is 0 Å². The summed E-state index contributed by atoms with van der Waals surface area (Å²) in [7, 11) is 0. The van der Waals surface area contributed by atoms with Crippen molar-refractivity contribution in [2.75, 3.05) is 0 Å². The maximum atomic E-state index is 4.19. The van der Waals surface area contributed by atoms with E-state index in [4.69, 9.17) is 0 Å². The van der Waals surface area contributed by atoms with Crippen LogP contribution < -0.4 is 0 Å². The van der Waals surface area contributed by atoms with E-state index >= 15 is 0 Å². The number of allylic oxidation sites excluding steroid dienone is 1. The minimum atomic E-state index is 0.831. The molecule has 3 rings (SSSR count). The van der Waals surface area contributed by atoms with E-state index in [1.807, 2.05) is 18.2 Å². The molecule has 0 radical (unpaired) electrons. The van der Waals surface area contributed by atoms with Crippen molar-refractivity contribution in [1.82, 2.24) is 4.57 Å². The van der Waals surface area contributed by atoms with Crippen molar-refractivity contribution in [1.29, 1.82) is 0 Å². The van der Waals surface area contributed by atoms with Gasteiger partial charge in [-0.15, -0.1) is 0 Å². The van der Waals surface area contributed by atoms with Gasteiger partial charge in [0.25, 0.3) is 0 Å². The van der Waals surface area contributed by atoms with Gasteiger partial charge in [0.05, 0.1) is 0 Å². The van der Waals surface area contributed by atoms with Crippen LogP contribution in [0, 0.1) is 0 Å². The molecule has 0 amide bonds. The second-order valence-electron chi connectivity index (χ2n) is 4.47. The van der Waals surface area contributed by atoms with Crippen molar-refractivity contribution in [3.63, 3.8) is 0 Å². The second-order valence-corrected chi connectivity index (χ2v) is 4.47. The fourth-order valence-corrected chi connectivity index (χ4v) is 2.25. The standard InChI is InChI=1S/C17H15N/c1-14(15-7-3-2-4-8-15)13-18-12-11-16-9-5-6-10-17(16)18/h2-12H,1,13H2. The Balaban J connectivity index is 1.91. The smallest absolute Gasteiger partial charge is 0.0483 e. The minimum Gasteiger partial charge on any atom is -0.343 e. The topological polar surface area (TPSA) is 4.93 Å². The Morgan fingerprint density at radius 3 is 2.44 bits per heavy atom. The average molecular weight is 233 g/mol. The molecule has 0 fully saturated rings. The van der Waals surface area contributed by atoms with Crippen LogP contribution >= 0.6 is 0 Å². The first-order valence-corrected chi connectivity index (χ1v) is 6.12. The molecule has 1 nitrogen and oxygen atoms in total. The predicted molar refractivity (Wildman–Crippen MR) is 77.4 cm³/mol. The number of benzene rings is 2. The number of hydrogen-bond acceptors (Lipinski definition) is 0. The van der Waals surface area contributed by atoms with Gasteiger partial charge >= 0.3 is 0 Å². The first-order chi connectivity index (χ1) is 8.84. The fraction of sp³-hybridized carbons (Fsp3) is 0.0588. The summed E-state index contributed by atoms with van der Waals surface area (Å²) < 4.78 is 2.24. The lowest BCUT2D eigenvalue weighted by molar-refractivity contribution is 0.880. The Labute approximate surface area is 107 Å². The molecule has 0 aliphatic heterocycles. The van der Waals surface area contributed by atoms with Gasteiger partial charge in [-0.1, -0.05) is 55.1 Å². The third kappa shape index (κ3) is 1.95. The van der Waals surface area contributed by atoms with Crippen LogP contribution in [0.4, 0.5) is 0 Å². The summed E-state index contributed by atoms with van der Waals surface area (Å²) in [6.07, 6.45) is 2.12. The maximum absolute atomic E-state index is 4.19. The van der Waals surface area contributed by atoms with Crippen LogP contribution in [0.15, 0.2) is 73.4 Å².